The fourth-order valence-electron chi connectivity index (χ4n) is 1.75. The highest BCUT2D eigenvalue weighted by Gasteiger charge is 1.97. The minimum Gasteiger partial charge on any atom is -0.507 e. The third-order valence-corrected chi connectivity index (χ3v) is 2.90. The molecule has 2 rings (SSSR count). The van der Waals surface area contributed by atoms with Crippen molar-refractivity contribution < 1.29 is 10.2 Å². The number of aromatic hydroxyl groups is 2. The molecule has 2 aromatic rings. The number of benzene rings is 2. The molecule has 0 aliphatic carbocycles. The van der Waals surface area contributed by atoms with Gasteiger partial charge in [-0.1, -0.05) is 24.3 Å². The van der Waals surface area contributed by atoms with Gasteiger partial charge in [-0.05, 0) is 24.3 Å². The van der Waals surface area contributed by atoms with Gasteiger partial charge in [0.15, 0.2) is 0 Å². The van der Waals surface area contributed by atoms with Crippen molar-refractivity contribution in [3.8, 4) is 11.5 Å². The third-order valence-electron chi connectivity index (χ3n) is 2.90. The van der Waals surface area contributed by atoms with Gasteiger partial charge in [0.05, 0.1) is 18.8 Å². The van der Waals surface area contributed by atoms with Crippen molar-refractivity contribution in [1.82, 2.24) is 0 Å². The molecule has 0 heterocycles. The average Bonchev–Trinajstić information content (AvgIpc) is 2.51. The molecule has 0 saturated carbocycles. The van der Waals surface area contributed by atoms with E-state index in [0.29, 0.717) is 16.8 Å². The number of halogens is 1. The molecule has 0 bridgehead atoms. The smallest absolute Gasteiger partial charge is 0.124 e. The summed E-state index contributed by atoms with van der Waals surface area (Å²) < 4.78 is 0. The number of rotatable bonds is 6. The van der Waals surface area contributed by atoms with E-state index in [4.69, 9.17) is 5.41 Å². The van der Waals surface area contributed by atoms with Crippen molar-refractivity contribution in [2.24, 2.45) is 9.98 Å². The summed E-state index contributed by atoms with van der Waals surface area (Å²) in [6, 6.07) is 13.8. The van der Waals surface area contributed by atoms with Gasteiger partial charge in [0.2, 0.25) is 0 Å². The lowest BCUT2D eigenvalue weighted by atomic mass is 10.2. The Morgan fingerprint density at radius 1 is 0.826 bits per heavy atom. The number of para-hydroxylation sites is 2. The molecule has 23 heavy (non-hydrogen) atoms. The van der Waals surface area contributed by atoms with E-state index in [-0.39, 0.29) is 37.0 Å². The second-order valence-electron chi connectivity index (χ2n) is 4.66. The van der Waals surface area contributed by atoms with Crippen molar-refractivity contribution in [2.45, 2.75) is 0 Å². The lowest BCUT2D eigenvalue weighted by Crippen LogP contribution is -2.06. The maximum atomic E-state index is 9.58. The molecule has 0 atom stereocenters. The van der Waals surface area contributed by atoms with E-state index in [1.54, 1.807) is 36.4 Å². The van der Waals surface area contributed by atoms with Gasteiger partial charge in [-0.3, -0.25) is 9.98 Å². The maximum Gasteiger partial charge on any atom is 0.124 e. The van der Waals surface area contributed by atoms with E-state index >= 15 is 0 Å². The van der Waals surface area contributed by atoms with Gasteiger partial charge in [0.1, 0.15) is 11.5 Å². The third kappa shape index (κ3) is 5.92. The van der Waals surface area contributed by atoms with Crippen LogP contribution in [0.15, 0.2) is 58.5 Å². The van der Waals surface area contributed by atoms with Crippen molar-refractivity contribution in [2.75, 3.05) is 13.1 Å². The molecule has 0 aliphatic rings. The second-order valence-corrected chi connectivity index (χ2v) is 4.66. The van der Waals surface area contributed by atoms with Crippen LogP contribution < -0.4 is 0 Å². The molecule has 0 fully saturated rings. The zero-order valence-electron chi connectivity index (χ0n) is 12.4. The van der Waals surface area contributed by atoms with Gasteiger partial charge >= 0.3 is 0 Å². The van der Waals surface area contributed by atoms with E-state index in [1.165, 1.54) is 12.4 Å². The van der Waals surface area contributed by atoms with E-state index < -0.39 is 0 Å². The molecule has 5 nitrogen and oxygen atoms in total. The molecule has 0 amide bonds. The van der Waals surface area contributed by atoms with Crippen molar-refractivity contribution >= 4 is 30.5 Å². The lowest BCUT2D eigenvalue weighted by molar-refractivity contribution is 0.474. The van der Waals surface area contributed by atoms with Crippen molar-refractivity contribution in [1.29, 1.82) is 5.41 Å². The fraction of sp³-hybridized carbons (Fsp3) is 0.118. The van der Waals surface area contributed by atoms with Gasteiger partial charge in [-0.25, -0.2) is 0 Å². The van der Waals surface area contributed by atoms with Crippen LogP contribution in [0.5, 0.6) is 11.5 Å². The number of hydrogen-bond donors (Lipinski definition) is 3. The average molecular weight is 332 g/mol. The van der Waals surface area contributed by atoms with Crippen LogP contribution in [0, 0.1) is 5.41 Å². The van der Waals surface area contributed by atoms with Crippen LogP contribution in [0.25, 0.3) is 0 Å². The van der Waals surface area contributed by atoms with Crippen LogP contribution in [0.1, 0.15) is 11.1 Å². The zero-order chi connectivity index (χ0) is 15.8. The molecule has 0 aliphatic heterocycles. The Hall–Kier alpha value is -2.66. The molecule has 0 radical (unpaired) electrons. The minimum atomic E-state index is 0. The van der Waals surface area contributed by atoms with Crippen LogP contribution in [-0.2, 0) is 0 Å². The Labute approximate surface area is 141 Å². The van der Waals surface area contributed by atoms with Crippen LogP contribution in [0.3, 0.4) is 0 Å². The summed E-state index contributed by atoms with van der Waals surface area (Å²) in [5, 5.41) is 26.9. The molecule has 0 aromatic heterocycles. The van der Waals surface area contributed by atoms with Gasteiger partial charge < -0.3 is 15.6 Å². The van der Waals surface area contributed by atoms with Crippen LogP contribution in [0.2, 0.25) is 0 Å². The highest BCUT2D eigenvalue weighted by Crippen LogP contribution is 2.13. The number of phenolic OH excluding ortho intramolecular Hbond substituents is 2. The zero-order valence-corrected chi connectivity index (χ0v) is 13.2. The number of nitrogens with one attached hydrogen (secondary N) is 1. The first kappa shape index (κ1) is 18.4. The topological polar surface area (TPSA) is 89.0 Å². The molecule has 0 unspecified atom stereocenters. The summed E-state index contributed by atoms with van der Waals surface area (Å²) in [7, 11) is 0. The standard InChI is InChI=1S/C17H17N3O2.ClH/c18-15(11-19-9-13-5-1-3-7-16(13)21)12-20-10-14-6-2-4-8-17(14)22;/h1-10,18,21-22H,11-12H2;1H. The number of phenols is 2. The molecule has 6 heteroatoms. The Bertz CT molecular complexity index is 655. The highest BCUT2D eigenvalue weighted by atomic mass is 35.5. The SMILES string of the molecule is Cl.N=C(CN=Cc1ccccc1O)CN=Cc1ccccc1O. The predicted octanol–water partition coefficient (Wildman–Crippen LogP) is 3.08. The first-order valence-electron chi connectivity index (χ1n) is 6.79. The van der Waals surface area contributed by atoms with Crippen molar-refractivity contribution in [3.05, 3.63) is 59.7 Å². The molecule has 120 valence electrons. The largest absolute Gasteiger partial charge is 0.507 e. The van der Waals surface area contributed by atoms with E-state index in [1.807, 2.05) is 12.1 Å². The van der Waals surface area contributed by atoms with Gasteiger partial charge in [-0.15, -0.1) is 12.4 Å². The Morgan fingerprint density at radius 2 is 1.22 bits per heavy atom. The van der Waals surface area contributed by atoms with E-state index in [0.717, 1.165) is 0 Å². The maximum absolute atomic E-state index is 9.58. The van der Waals surface area contributed by atoms with Crippen molar-refractivity contribution in [3.63, 3.8) is 0 Å². The van der Waals surface area contributed by atoms with Crippen LogP contribution in [0.4, 0.5) is 0 Å². The Morgan fingerprint density at radius 3 is 1.61 bits per heavy atom. The molecular weight excluding hydrogens is 314 g/mol. The minimum absolute atomic E-state index is 0. The summed E-state index contributed by atoms with van der Waals surface area (Å²) >= 11 is 0. The predicted molar refractivity (Wildman–Crippen MR) is 96.1 cm³/mol. The molecular formula is C17H18ClN3O2. The second kappa shape index (κ2) is 9.38. The van der Waals surface area contributed by atoms with Gasteiger partial charge in [0, 0.05) is 23.6 Å². The summed E-state index contributed by atoms with van der Waals surface area (Å²) in [4.78, 5) is 8.23. The Balaban J connectivity index is 0.00000264. The van der Waals surface area contributed by atoms with Gasteiger partial charge in [0.25, 0.3) is 0 Å². The molecule has 3 N–H and O–H groups in total. The molecule has 2 aromatic carbocycles. The number of nitrogens with zero attached hydrogens (tertiary/aromatic N) is 2. The molecule has 0 spiro atoms. The van der Waals surface area contributed by atoms with Crippen LogP contribution in [-0.4, -0.2) is 41.4 Å². The van der Waals surface area contributed by atoms with Crippen LogP contribution >= 0.6 is 12.4 Å². The number of hydrogen-bond acceptors (Lipinski definition) is 5. The first-order valence-corrected chi connectivity index (χ1v) is 6.79. The van der Waals surface area contributed by atoms with E-state index in [2.05, 4.69) is 9.98 Å². The first-order chi connectivity index (χ1) is 10.7. The van der Waals surface area contributed by atoms with E-state index in [9.17, 15) is 10.2 Å². The lowest BCUT2D eigenvalue weighted by Gasteiger charge is -1.99. The Kier molecular flexibility index (Phi) is 7.50. The normalized spacial score (nSPS) is 10.8. The monoisotopic (exact) mass is 331 g/mol. The summed E-state index contributed by atoms with van der Waals surface area (Å²) in [6.07, 6.45) is 3.08. The highest BCUT2D eigenvalue weighted by molar-refractivity contribution is 5.91. The quantitative estimate of drug-likeness (QED) is 0.710. The summed E-state index contributed by atoms with van der Waals surface area (Å²) in [6.45, 7) is 0.429. The fourth-order valence-corrected chi connectivity index (χ4v) is 1.75. The van der Waals surface area contributed by atoms with Gasteiger partial charge in [-0.2, -0.15) is 0 Å². The summed E-state index contributed by atoms with van der Waals surface area (Å²) in [5.74, 6) is 0.325. The number of aliphatic imine (C=N–C) groups is 2. The summed E-state index contributed by atoms with van der Waals surface area (Å²) in [5.41, 5.74) is 1.58. The molecule has 0 saturated heterocycles.